The topological polar surface area (TPSA) is 52.8 Å². The van der Waals surface area contributed by atoms with Gasteiger partial charge in [0.25, 0.3) is 0 Å². The molecule has 0 aliphatic carbocycles. The molecule has 0 bridgehead atoms. The standard InChI is InChI=1S/C14H26N4O/c15-12-3-6-16(7-4-12)11-14(19)18-9-8-17-5-1-2-13(17)10-18/h12-13H,1-11,15H2. The van der Waals surface area contributed by atoms with Crippen molar-refractivity contribution in [1.29, 1.82) is 0 Å². The molecule has 3 aliphatic heterocycles. The molecule has 3 heterocycles. The lowest BCUT2D eigenvalue weighted by Gasteiger charge is -2.39. The lowest BCUT2D eigenvalue weighted by atomic mass is 10.1. The van der Waals surface area contributed by atoms with E-state index < -0.39 is 0 Å². The van der Waals surface area contributed by atoms with Gasteiger partial charge in [-0.1, -0.05) is 0 Å². The number of carbonyl (C=O) groups is 1. The Hall–Kier alpha value is -0.650. The fraction of sp³-hybridized carbons (Fsp3) is 0.929. The maximum atomic E-state index is 12.4. The van der Waals surface area contributed by atoms with Crippen LogP contribution in [0.5, 0.6) is 0 Å². The van der Waals surface area contributed by atoms with E-state index >= 15 is 0 Å². The van der Waals surface area contributed by atoms with E-state index in [-0.39, 0.29) is 0 Å². The van der Waals surface area contributed by atoms with E-state index in [4.69, 9.17) is 5.73 Å². The van der Waals surface area contributed by atoms with Gasteiger partial charge in [-0.2, -0.15) is 0 Å². The van der Waals surface area contributed by atoms with Gasteiger partial charge in [0.05, 0.1) is 6.54 Å². The lowest BCUT2D eigenvalue weighted by molar-refractivity contribution is -0.135. The van der Waals surface area contributed by atoms with Gasteiger partial charge in [-0.15, -0.1) is 0 Å². The van der Waals surface area contributed by atoms with Crippen LogP contribution in [0.1, 0.15) is 25.7 Å². The zero-order valence-electron chi connectivity index (χ0n) is 11.8. The summed E-state index contributed by atoms with van der Waals surface area (Å²) in [6, 6.07) is 0.973. The fourth-order valence-corrected chi connectivity index (χ4v) is 3.62. The van der Waals surface area contributed by atoms with Gasteiger partial charge in [-0.25, -0.2) is 0 Å². The molecule has 108 valence electrons. The molecule has 0 saturated carbocycles. The van der Waals surface area contributed by atoms with Crippen LogP contribution in [-0.2, 0) is 4.79 Å². The highest BCUT2D eigenvalue weighted by molar-refractivity contribution is 5.78. The molecular weight excluding hydrogens is 240 g/mol. The molecule has 0 radical (unpaired) electrons. The minimum atomic E-state index is 0.321. The minimum absolute atomic E-state index is 0.321. The maximum Gasteiger partial charge on any atom is 0.236 e. The van der Waals surface area contributed by atoms with Crippen LogP contribution in [-0.4, -0.2) is 78.5 Å². The summed E-state index contributed by atoms with van der Waals surface area (Å²) in [5, 5.41) is 0. The smallest absolute Gasteiger partial charge is 0.236 e. The highest BCUT2D eigenvalue weighted by Crippen LogP contribution is 2.21. The van der Waals surface area contributed by atoms with Crippen molar-refractivity contribution >= 4 is 5.91 Å². The van der Waals surface area contributed by atoms with Crippen LogP contribution in [0.2, 0.25) is 0 Å². The Morgan fingerprint density at radius 2 is 1.84 bits per heavy atom. The van der Waals surface area contributed by atoms with Gasteiger partial charge in [0.1, 0.15) is 0 Å². The van der Waals surface area contributed by atoms with Crippen LogP contribution in [0, 0.1) is 0 Å². The van der Waals surface area contributed by atoms with E-state index in [1.54, 1.807) is 0 Å². The molecule has 1 unspecified atom stereocenters. The van der Waals surface area contributed by atoms with E-state index in [1.807, 2.05) is 0 Å². The Morgan fingerprint density at radius 3 is 2.63 bits per heavy atom. The SMILES string of the molecule is NC1CCN(CC(=O)N2CCN3CCCC3C2)CC1. The van der Waals surface area contributed by atoms with Crippen LogP contribution in [0.3, 0.4) is 0 Å². The average molecular weight is 266 g/mol. The second-order valence-electron chi connectivity index (χ2n) is 6.29. The second kappa shape index (κ2) is 5.77. The molecule has 3 rings (SSSR count). The van der Waals surface area contributed by atoms with Crippen molar-refractivity contribution in [3.8, 4) is 0 Å². The van der Waals surface area contributed by atoms with Crippen molar-refractivity contribution in [2.24, 2.45) is 5.73 Å². The van der Waals surface area contributed by atoms with Crippen LogP contribution in [0.4, 0.5) is 0 Å². The van der Waals surface area contributed by atoms with Crippen molar-refractivity contribution in [3.05, 3.63) is 0 Å². The molecule has 19 heavy (non-hydrogen) atoms. The number of nitrogens with zero attached hydrogens (tertiary/aromatic N) is 3. The van der Waals surface area contributed by atoms with Gasteiger partial charge >= 0.3 is 0 Å². The Bertz CT molecular complexity index is 327. The van der Waals surface area contributed by atoms with E-state index in [1.165, 1.54) is 19.4 Å². The zero-order chi connectivity index (χ0) is 13.2. The molecule has 0 aromatic rings. The number of piperidine rings is 1. The Balaban J connectivity index is 1.47. The van der Waals surface area contributed by atoms with E-state index in [0.717, 1.165) is 45.6 Å². The largest absolute Gasteiger partial charge is 0.339 e. The van der Waals surface area contributed by atoms with E-state index in [0.29, 0.717) is 24.5 Å². The third kappa shape index (κ3) is 3.09. The number of rotatable bonds is 2. The van der Waals surface area contributed by atoms with Gasteiger partial charge in [0.15, 0.2) is 0 Å². The first kappa shape index (κ1) is 13.3. The molecule has 3 fully saturated rings. The fourth-order valence-electron chi connectivity index (χ4n) is 3.62. The zero-order valence-corrected chi connectivity index (χ0v) is 11.8. The molecule has 3 aliphatic rings. The Kier molecular flexibility index (Phi) is 4.05. The van der Waals surface area contributed by atoms with Crippen molar-refractivity contribution in [3.63, 3.8) is 0 Å². The number of nitrogens with two attached hydrogens (primary N) is 1. The van der Waals surface area contributed by atoms with Gasteiger partial charge in [-0.05, 0) is 32.2 Å². The second-order valence-corrected chi connectivity index (χ2v) is 6.29. The molecule has 2 N–H and O–H groups in total. The number of amides is 1. The quantitative estimate of drug-likeness (QED) is 0.747. The maximum absolute atomic E-state index is 12.4. The molecule has 5 heteroatoms. The number of carbonyl (C=O) groups excluding carboxylic acids is 1. The molecule has 1 amide bonds. The van der Waals surface area contributed by atoms with Crippen LogP contribution in [0.15, 0.2) is 0 Å². The monoisotopic (exact) mass is 266 g/mol. The first-order valence-electron chi connectivity index (χ1n) is 7.72. The minimum Gasteiger partial charge on any atom is -0.339 e. The number of piperazine rings is 1. The lowest BCUT2D eigenvalue weighted by Crippen LogP contribution is -2.54. The third-order valence-electron chi connectivity index (χ3n) is 4.93. The highest BCUT2D eigenvalue weighted by Gasteiger charge is 2.32. The van der Waals surface area contributed by atoms with E-state index in [2.05, 4.69) is 14.7 Å². The predicted octanol–water partition coefficient (Wildman–Crippen LogP) is -0.284. The van der Waals surface area contributed by atoms with Crippen molar-refractivity contribution in [2.75, 3.05) is 45.8 Å². The van der Waals surface area contributed by atoms with Crippen LogP contribution >= 0.6 is 0 Å². The predicted molar refractivity (Wildman–Crippen MR) is 74.8 cm³/mol. The van der Waals surface area contributed by atoms with Crippen molar-refractivity contribution in [2.45, 2.75) is 37.8 Å². The Labute approximate surface area is 115 Å². The summed E-state index contributed by atoms with van der Waals surface area (Å²) >= 11 is 0. The molecule has 0 aromatic carbocycles. The van der Waals surface area contributed by atoms with Crippen LogP contribution in [0.25, 0.3) is 0 Å². The normalized spacial score (nSPS) is 30.6. The van der Waals surface area contributed by atoms with Gasteiger partial charge in [0, 0.05) is 44.8 Å². The highest BCUT2D eigenvalue weighted by atomic mass is 16.2. The summed E-state index contributed by atoms with van der Waals surface area (Å²) < 4.78 is 0. The van der Waals surface area contributed by atoms with Gasteiger partial charge in [-0.3, -0.25) is 14.6 Å². The number of fused-ring (bicyclic) bond motifs is 1. The van der Waals surface area contributed by atoms with Crippen molar-refractivity contribution in [1.82, 2.24) is 14.7 Å². The number of hydrogen-bond acceptors (Lipinski definition) is 4. The summed E-state index contributed by atoms with van der Waals surface area (Å²) in [5.74, 6) is 0.321. The molecule has 0 spiro atoms. The summed E-state index contributed by atoms with van der Waals surface area (Å²) in [6.07, 6.45) is 4.63. The number of hydrogen-bond donors (Lipinski definition) is 1. The van der Waals surface area contributed by atoms with Gasteiger partial charge in [0.2, 0.25) is 5.91 Å². The summed E-state index contributed by atoms with van der Waals surface area (Å²) in [4.78, 5) is 19.3. The summed E-state index contributed by atoms with van der Waals surface area (Å²) in [7, 11) is 0. The molecule has 1 atom stereocenters. The summed E-state index contributed by atoms with van der Waals surface area (Å²) in [6.45, 7) is 6.74. The third-order valence-corrected chi connectivity index (χ3v) is 4.93. The Morgan fingerprint density at radius 1 is 1.05 bits per heavy atom. The summed E-state index contributed by atoms with van der Waals surface area (Å²) in [5.41, 5.74) is 5.90. The first-order valence-corrected chi connectivity index (χ1v) is 7.72. The van der Waals surface area contributed by atoms with Crippen LogP contribution < -0.4 is 5.73 Å². The molecule has 3 saturated heterocycles. The molecular formula is C14H26N4O. The molecule has 0 aromatic heterocycles. The first-order chi connectivity index (χ1) is 9.22. The number of likely N-dealkylation sites (tertiary alicyclic amines) is 1. The molecule has 5 nitrogen and oxygen atoms in total. The van der Waals surface area contributed by atoms with Gasteiger partial charge < -0.3 is 10.6 Å². The average Bonchev–Trinajstić information content (AvgIpc) is 2.88. The van der Waals surface area contributed by atoms with Crippen molar-refractivity contribution < 1.29 is 4.79 Å². The van der Waals surface area contributed by atoms with E-state index in [9.17, 15) is 4.79 Å².